The molecule has 17 heteroatoms. The highest BCUT2D eigenvalue weighted by Crippen LogP contribution is 2.38. The topological polar surface area (TPSA) is 123 Å². The van der Waals surface area contributed by atoms with E-state index in [0.717, 1.165) is 23.4 Å². The summed E-state index contributed by atoms with van der Waals surface area (Å²) in [7, 11) is 1.51. The molecule has 1 unspecified atom stereocenters. The zero-order chi connectivity index (χ0) is 35.3. The van der Waals surface area contributed by atoms with E-state index in [1.165, 1.54) is 35.7 Å². The molecule has 2 heterocycles. The molecule has 1 saturated heterocycles. The second-order valence-electron chi connectivity index (χ2n) is 11.0. The van der Waals surface area contributed by atoms with E-state index in [1.54, 1.807) is 29.2 Å². The Labute approximate surface area is 282 Å². The highest BCUT2D eigenvalue weighted by molar-refractivity contribution is 8.01. The van der Waals surface area contributed by atoms with Crippen LogP contribution in [0.1, 0.15) is 25.3 Å². The number of hydrogen-bond donors (Lipinski definition) is 3. The summed E-state index contributed by atoms with van der Waals surface area (Å²) in [6, 6.07) is 18.1. The zero-order valence-electron chi connectivity index (χ0n) is 26.4. The van der Waals surface area contributed by atoms with Gasteiger partial charge in [0.25, 0.3) is 0 Å². The van der Waals surface area contributed by atoms with Gasteiger partial charge in [-0.25, -0.2) is 4.79 Å². The van der Waals surface area contributed by atoms with Crippen LogP contribution in [-0.4, -0.2) is 70.5 Å². The van der Waals surface area contributed by atoms with Crippen molar-refractivity contribution in [2.24, 2.45) is 0 Å². The zero-order valence-corrected chi connectivity index (χ0v) is 27.2. The number of alkyl halides is 5. The van der Waals surface area contributed by atoms with Crippen molar-refractivity contribution in [1.82, 2.24) is 20.1 Å². The normalized spacial score (nSPS) is 15.1. The van der Waals surface area contributed by atoms with Crippen LogP contribution in [0.5, 0.6) is 5.75 Å². The third-order valence-electron chi connectivity index (χ3n) is 7.20. The number of urea groups is 1. The van der Waals surface area contributed by atoms with Gasteiger partial charge in [-0.05, 0) is 66.1 Å². The molecule has 3 aromatic carbocycles. The molecule has 1 atom stereocenters. The maximum Gasteiger partial charge on any atom is 0.499 e. The average molecular weight is 706 g/mol. The molecule has 260 valence electrons. The van der Waals surface area contributed by atoms with Gasteiger partial charge in [-0.15, -0.1) is 16.9 Å². The van der Waals surface area contributed by atoms with Crippen LogP contribution in [0, 0.1) is 0 Å². The summed E-state index contributed by atoms with van der Waals surface area (Å²) in [5.74, 6) is 0.0836. The van der Waals surface area contributed by atoms with Crippen molar-refractivity contribution in [3.8, 4) is 22.8 Å². The molecule has 1 aromatic heterocycles. The van der Waals surface area contributed by atoms with Gasteiger partial charge in [0.1, 0.15) is 5.75 Å². The molecule has 0 spiro atoms. The molecule has 4 aromatic rings. The molecule has 1 aliphatic heterocycles. The number of rotatable bonds is 12. The van der Waals surface area contributed by atoms with E-state index >= 15 is 0 Å². The van der Waals surface area contributed by atoms with Crippen molar-refractivity contribution in [3.63, 3.8) is 0 Å². The highest BCUT2D eigenvalue weighted by atomic mass is 32.2. The maximum absolute atomic E-state index is 13.3. The van der Waals surface area contributed by atoms with E-state index in [2.05, 4.69) is 30.8 Å². The number of benzene rings is 3. The minimum absolute atomic E-state index is 0.108. The molecular formula is C32H32F5N7O4S. The summed E-state index contributed by atoms with van der Waals surface area (Å²) in [6.45, 7) is 4.72. The van der Waals surface area contributed by atoms with Gasteiger partial charge in [-0.3, -0.25) is 9.69 Å². The fourth-order valence-corrected chi connectivity index (χ4v) is 5.83. The summed E-state index contributed by atoms with van der Waals surface area (Å²) in [5.41, 5.74) is 2.44. The molecule has 5 rings (SSSR count). The van der Waals surface area contributed by atoms with Crippen LogP contribution in [-0.2, 0) is 9.53 Å². The lowest BCUT2D eigenvalue weighted by atomic mass is 10.0. The number of methoxy groups -OCH3 is 1. The molecule has 1 fully saturated rings. The molecular weight excluding hydrogens is 673 g/mol. The first-order valence-corrected chi connectivity index (χ1v) is 16.0. The van der Waals surface area contributed by atoms with Crippen molar-refractivity contribution in [1.29, 1.82) is 0 Å². The number of anilines is 3. The number of nitrogens with one attached hydrogen (secondary N) is 3. The maximum atomic E-state index is 13.3. The Bertz CT molecular complexity index is 1770. The summed E-state index contributed by atoms with van der Waals surface area (Å²) >= 11 is 1.31. The van der Waals surface area contributed by atoms with Crippen LogP contribution in [0.3, 0.4) is 0 Å². The van der Waals surface area contributed by atoms with Gasteiger partial charge in [0, 0.05) is 24.9 Å². The third-order valence-corrected chi connectivity index (χ3v) is 8.25. The molecule has 0 saturated carbocycles. The molecule has 1 aliphatic rings. The van der Waals surface area contributed by atoms with Gasteiger partial charge in [0.05, 0.1) is 23.7 Å². The highest BCUT2D eigenvalue weighted by Gasteiger charge is 2.61. The van der Waals surface area contributed by atoms with Crippen LogP contribution in [0.15, 0.2) is 72.8 Å². The first-order chi connectivity index (χ1) is 23.3. The number of carbonyl (C=O) groups is 2. The number of para-hydroxylation sites is 1. The standard InChI is InChI=1S/C32H32F5N7O4S/c1-19(2)24-6-4-5-7-25(24)43-26(45)18-49-30(43)41-29(46)39-21-10-8-20(9-11-21)27-40-28(38-16-17-47-3)44(42-27)22-12-14-23(15-13-22)48-32(36,37)31(33,34)35/h4-15,19,30H,16-18H2,1-3H3,(H,38,40,42)(H2,39,41,46). The summed E-state index contributed by atoms with van der Waals surface area (Å²) in [6.07, 6.45) is -11.2. The van der Waals surface area contributed by atoms with Crippen molar-refractivity contribution < 1.29 is 41.0 Å². The monoisotopic (exact) mass is 705 g/mol. The van der Waals surface area contributed by atoms with Crippen molar-refractivity contribution in [3.05, 3.63) is 78.4 Å². The smallest absolute Gasteiger partial charge is 0.426 e. The van der Waals surface area contributed by atoms with Gasteiger partial charge in [0.2, 0.25) is 11.9 Å². The number of ether oxygens (including phenoxy) is 2. The molecule has 0 radical (unpaired) electrons. The van der Waals surface area contributed by atoms with Crippen LogP contribution in [0.2, 0.25) is 0 Å². The van der Waals surface area contributed by atoms with Crippen LogP contribution in [0.25, 0.3) is 17.1 Å². The first kappa shape index (κ1) is 35.4. The Balaban J connectivity index is 1.29. The summed E-state index contributed by atoms with van der Waals surface area (Å²) < 4.78 is 74.7. The van der Waals surface area contributed by atoms with Crippen molar-refractivity contribution >= 4 is 41.0 Å². The lowest BCUT2D eigenvalue weighted by Crippen LogP contribution is -2.46. The van der Waals surface area contributed by atoms with E-state index in [4.69, 9.17) is 4.74 Å². The number of amides is 3. The number of hydrogen-bond acceptors (Lipinski definition) is 8. The van der Waals surface area contributed by atoms with E-state index in [1.807, 2.05) is 38.1 Å². The first-order valence-electron chi connectivity index (χ1n) is 14.9. The number of nitrogens with zero attached hydrogens (tertiary/aromatic N) is 4. The van der Waals surface area contributed by atoms with Gasteiger partial charge < -0.3 is 25.4 Å². The second kappa shape index (κ2) is 14.7. The molecule has 0 aliphatic carbocycles. The van der Waals surface area contributed by atoms with E-state index in [-0.39, 0.29) is 29.4 Å². The van der Waals surface area contributed by atoms with Crippen LogP contribution < -0.4 is 25.6 Å². The fourth-order valence-electron chi connectivity index (χ4n) is 4.82. The van der Waals surface area contributed by atoms with E-state index in [9.17, 15) is 31.5 Å². The van der Waals surface area contributed by atoms with E-state index < -0.39 is 29.6 Å². The predicted molar refractivity (Wildman–Crippen MR) is 175 cm³/mol. The Morgan fingerprint density at radius 1 is 1.02 bits per heavy atom. The average Bonchev–Trinajstić information content (AvgIpc) is 3.64. The minimum Gasteiger partial charge on any atom is -0.426 e. The van der Waals surface area contributed by atoms with Gasteiger partial charge in [0.15, 0.2) is 11.3 Å². The summed E-state index contributed by atoms with van der Waals surface area (Å²) in [4.78, 5) is 31.9. The lowest BCUT2D eigenvalue weighted by Gasteiger charge is -2.27. The molecule has 11 nitrogen and oxygen atoms in total. The van der Waals surface area contributed by atoms with E-state index in [0.29, 0.717) is 30.1 Å². The van der Waals surface area contributed by atoms with Gasteiger partial charge in [-0.1, -0.05) is 32.0 Å². The Hall–Kier alpha value is -4.90. The van der Waals surface area contributed by atoms with Crippen molar-refractivity contribution in [2.75, 3.05) is 41.5 Å². The molecule has 49 heavy (non-hydrogen) atoms. The number of carbonyl (C=O) groups excluding carboxylic acids is 2. The Morgan fingerprint density at radius 3 is 2.37 bits per heavy atom. The fraction of sp³-hybridized carbons (Fsp3) is 0.312. The quantitative estimate of drug-likeness (QED) is 0.108. The number of aromatic nitrogens is 3. The number of thioether (sulfide) groups is 1. The van der Waals surface area contributed by atoms with Gasteiger partial charge in [-0.2, -0.15) is 31.6 Å². The van der Waals surface area contributed by atoms with Gasteiger partial charge >= 0.3 is 18.3 Å². The van der Waals surface area contributed by atoms with Crippen molar-refractivity contribution in [2.45, 2.75) is 37.5 Å². The van der Waals surface area contributed by atoms with Crippen LogP contribution >= 0.6 is 11.8 Å². The van der Waals surface area contributed by atoms with Crippen LogP contribution in [0.4, 0.5) is 44.1 Å². The molecule has 0 bridgehead atoms. The molecule has 3 amide bonds. The Kier molecular flexibility index (Phi) is 10.6. The third kappa shape index (κ3) is 8.22. The Morgan fingerprint density at radius 2 is 1.71 bits per heavy atom. The largest absolute Gasteiger partial charge is 0.499 e. The molecule has 3 N–H and O–H groups in total. The minimum atomic E-state index is -5.88. The lowest BCUT2D eigenvalue weighted by molar-refractivity contribution is -0.360. The number of halogens is 5. The summed E-state index contributed by atoms with van der Waals surface area (Å²) in [5, 5.41) is 13.2. The predicted octanol–water partition coefficient (Wildman–Crippen LogP) is 6.84. The second-order valence-corrected chi connectivity index (χ2v) is 12.1. The SMILES string of the molecule is COCCNc1nc(-c2ccc(NC(=O)NC3SCC(=O)N3c3ccccc3C(C)C)cc2)nn1-c1ccc(OC(F)(F)C(F)(F)F)cc1.